The fourth-order valence-corrected chi connectivity index (χ4v) is 5.03. The Kier molecular flexibility index (Phi) is 9.72. The number of carbonyl (C=O) groups excluding carboxylic acids is 1. The van der Waals surface area contributed by atoms with Gasteiger partial charge in [-0.2, -0.15) is 0 Å². The lowest BCUT2D eigenvalue weighted by atomic mass is 10.0. The van der Waals surface area contributed by atoms with E-state index in [0.717, 1.165) is 58.1 Å². The van der Waals surface area contributed by atoms with Gasteiger partial charge in [0.1, 0.15) is 0 Å². The van der Waals surface area contributed by atoms with E-state index in [0.29, 0.717) is 17.9 Å². The standard InChI is InChI=1S/C23H44N6O/c1-3-4-12-27-13-9-21(10-14-27)26-23(24-2)25-11-15-28-16-18-29(19-17-28)22(30)20-7-5-6-8-20/h20-21H,3-19H2,1-2H3,(H2,24,25,26). The molecular weight excluding hydrogens is 376 g/mol. The summed E-state index contributed by atoms with van der Waals surface area (Å²) in [5.74, 6) is 1.65. The first-order valence-corrected chi connectivity index (χ1v) is 12.4. The molecule has 1 saturated carbocycles. The van der Waals surface area contributed by atoms with Crippen molar-refractivity contribution in [2.75, 3.05) is 66.0 Å². The number of guanidine groups is 1. The van der Waals surface area contributed by atoms with Crippen molar-refractivity contribution in [1.29, 1.82) is 0 Å². The van der Waals surface area contributed by atoms with Gasteiger partial charge in [-0.05, 0) is 38.6 Å². The topological polar surface area (TPSA) is 63.2 Å². The molecule has 0 aromatic rings. The van der Waals surface area contributed by atoms with Gasteiger partial charge in [-0.15, -0.1) is 0 Å². The Bertz CT molecular complexity index is 532. The van der Waals surface area contributed by atoms with Crippen molar-refractivity contribution < 1.29 is 4.79 Å². The summed E-state index contributed by atoms with van der Waals surface area (Å²) < 4.78 is 0. The molecule has 0 spiro atoms. The minimum absolute atomic E-state index is 0.311. The monoisotopic (exact) mass is 420 g/mol. The van der Waals surface area contributed by atoms with Gasteiger partial charge in [0, 0.05) is 71.4 Å². The SMILES string of the molecule is CCCCN1CCC(NC(=NC)NCCN2CCN(C(=O)C3CCCC3)CC2)CC1. The second-order valence-electron chi connectivity index (χ2n) is 9.26. The number of nitrogens with one attached hydrogen (secondary N) is 2. The first-order chi connectivity index (χ1) is 14.7. The van der Waals surface area contributed by atoms with Gasteiger partial charge in [-0.3, -0.25) is 14.7 Å². The number of rotatable bonds is 8. The highest BCUT2D eigenvalue weighted by atomic mass is 16.2. The van der Waals surface area contributed by atoms with Crippen LogP contribution in [0.4, 0.5) is 0 Å². The fourth-order valence-electron chi connectivity index (χ4n) is 5.03. The molecule has 1 amide bonds. The largest absolute Gasteiger partial charge is 0.355 e. The average molecular weight is 421 g/mol. The molecule has 2 heterocycles. The van der Waals surface area contributed by atoms with Crippen LogP contribution < -0.4 is 10.6 Å². The van der Waals surface area contributed by atoms with Crippen LogP contribution in [0, 0.1) is 5.92 Å². The average Bonchev–Trinajstić information content (AvgIpc) is 3.33. The highest BCUT2D eigenvalue weighted by Crippen LogP contribution is 2.26. The number of aliphatic imine (C=N–C) groups is 1. The maximum absolute atomic E-state index is 12.6. The predicted molar refractivity (Wildman–Crippen MR) is 124 cm³/mol. The molecule has 3 rings (SSSR count). The fraction of sp³-hybridized carbons (Fsp3) is 0.913. The molecule has 30 heavy (non-hydrogen) atoms. The first-order valence-electron chi connectivity index (χ1n) is 12.4. The molecule has 0 atom stereocenters. The number of hydrogen-bond acceptors (Lipinski definition) is 4. The molecule has 2 N–H and O–H groups in total. The van der Waals surface area contributed by atoms with E-state index in [2.05, 4.69) is 37.2 Å². The summed E-state index contributed by atoms with van der Waals surface area (Å²) in [6, 6.07) is 0.527. The maximum Gasteiger partial charge on any atom is 0.225 e. The second kappa shape index (κ2) is 12.5. The number of hydrogen-bond donors (Lipinski definition) is 2. The second-order valence-corrected chi connectivity index (χ2v) is 9.26. The summed E-state index contributed by atoms with van der Waals surface area (Å²) in [7, 11) is 1.86. The summed E-state index contributed by atoms with van der Waals surface area (Å²) in [6.45, 7) is 11.5. The van der Waals surface area contributed by atoms with E-state index in [4.69, 9.17) is 0 Å². The van der Waals surface area contributed by atoms with Crippen molar-refractivity contribution in [3.05, 3.63) is 0 Å². The Morgan fingerprint density at radius 2 is 1.60 bits per heavy atom. The Balaban J connectivity index is 1.28. The molecule has 0 aromatic carbocycles. The van der Waals surface area contributed by atoms with Crippen molar-refractivity contribution in [1.82, 2.24) is 25.3 Å². The van der Waals surface area contributed by atoms with Gasteiger partial charge >= 0.3 is 0 Å². The molecule has 172 valence electrons. The van der Waals surface area contributed by atoms with Crippen LogP contribution in [-0.4, -0.2) is 98.6 Å². The van der Waals surface area contributed by atoms with Gasteiger partial charge in [-0.25, -0.2) is 0 Å². The lowest BCUT2D eigenvalue weighted by Gasteiger charge is -2.36. The van der Waals surface area contributed by atoms with Crippen LogP contribution in [-0.2, 0) is 4.79 Å². The zero-order chi connectivity index (χ0) is 21.2. The molecule has 7 heteroatoms. The van der Waals surface area contributed by atoms with Crippen LogP contribution in [0.25, 0.3) is 0 Å². The number of nitrogens with zero attached hydrogens (tertiary/aromatic N) is 4. The van der Waals surface area contributed by atoms with Gasteiger partial charge in [0.2, 0.25) is 5.91 Å². The molecule has 0 aromatic heterocycles. The van der Waals surface area contributed by atoms with E-state index in [-0.39, 0.29) is 0 Å². The third-order valence-corrected chi connectivity index (χ3v) is 7.09. The highest BCUT2D eigenvalue weighted by Gasteiger charge is 2.29. The van der Waals surface area contributed by atoms with Crippen LogP contribution in [0.2, 0.25) is 0 Å². The van der Waals surface area contributed by atoms with Crippen LogP contribution in [0.5, 0.6) is 0 Å². The summed E-state index contributed by atoms with van der Waals surface area (Å²) in [5.41, 5.74) is 0. The van der Waals surface area contributed by atoms with Crippen molar-refractivity contribution in [3.8, 4) is 0 Å². The van der Waals surface area contributed by atoms with Gasteiger partial charge in [-0.1, -0.05) is 26.2 Å². The Hall–Kier alpha value is -1.34. The van der Waals surface area contributed by atoms with Crippen LogP contribution >= 0.6 is 0 Å². The van der Waals surface area contributed by atoms with E-state index in [1.807, 2.05) is 7.05 Å². The minimum atomic E-state index is 0.311. The summed E-state index contributed by atoms with van der Waals surface area (Å²) in [6.07, 6.45) is 9.65. The van der Waals surface area contributed by atoms with E-state index < -0.39 is 0 Å². The van der Waals surface area contributed by atoms with E-state index >= 15 is 0 Å². The zero-order valence-electron chi connectivity index (χ0n) is 19.4. The molecule has 7 nitrogen and oxygen atoms in total. The van der Waals surface area contributed by atoms with Gasteiger partial charge in [0.15, 0.2) is 5.96 Å². The van der Waals surface area contributed by atoms with E-state index in [1.54, 1.807) is 0 Å². The molecule has 2 aliphatic heterocycles. The number of piperazine rings is 1. The quantitative estimate of drug-likeness (QED) is 0.463. The Labute approximate surface area is 183 Å². The zero-order valence-corrected chi connectivity index (χ0v) is 19.4. The molecular formula is C23H44N6O. The van der Waals surface area contributed by atoms with Gasteiger partial charge in [0.25, 0.3) is 0 Å². The van der Waals surface area contributed by atoms with Crippen molar-refractivity contribution in [3.63, 3.8) is 0 Å². The van der Waals surface area contributed by atoms with Crippen LogP contribution in [0.1, 0.15) is 58.3 Å². The molecule has 2 saturated heterocycles. The normalized spacial score (nSPS) is 23.1. The number of carbonyl (C=O) groups is 1. The van der Waals surface area contributed by atoms with Crippen molar-refractivity contribution in [2.45, 2.75) is 64.3 Å². The van der Waals surface area contributed by atoms with E-state index in [9.17, 15) is 4.79 Å². The molecule has 1 aliphatic carbocycles. The maximum atomic E-state index is 12.6. The number of amides is 1. The highest BCUT2D eigenvalue weighted by molar-refractivity contribution is 5.80. The van der Waals surface area contributed by atoms with Gasteiger partial charge in [0.05, 0.1) is 0 Å². The lowest BCUT2D eigenvalue weighted by Crippen LogP contribution is -2.53. The van der Waals surface area contributed by atoms with E-state index in [1.165, 1.54) is 58.2 Å². The molecule has 0 bridgehead atoms. The summed E-state index contributed by atoms with van der Waals surface area (Å²) >= 11 is 0. The minimum Gasteiger partial charge on any atom is -0.355 e. The van der Waals surface area contributed by atoms with Crippen molar-refractivity contribution >= 4 is 11.9 Å². The van der Waals surface area contributed by atoms with Gasteiger partial charge < -0.3 is 20.4 Å². The van der Waals surface area contributed by atoms with Crippen LogP contribution in [0.3, 0.4) is 0 Å². The summed E-state index contributed by atoms with van der Waals surface area (Å²) in [5, 5.41) is 7.11. The molecule has 3 aliphatic rings. The third kappa shape index (κ3) is 7.12. The van der Waals surface area contributed by atoms with Crippen LogP contribution in [0.15, 0.2) is 4.99 Å². The lowest BCUT2D eigenvalue weighted by molar-refractivity contribution is -0.137. The molecule has 0 radical (unpaired) electrons. The number of likely N-dealkylation sites (tertiary alicyclic amines) is 1. The first kappa shape index (κ1) is 23.3. The van der Waals surface area contributed by atoms with Crippen molar-refractivity contribution in [2.24, 2.45) is 10.9 Å². The third-order valence-electron chi connectivity index (χ3n) is 7.09. The molecule has 0 unspecified atom stereocenters. The molecule has 3 fully saturated rings. The smallest absolute Gasteiger partial charge is 0.225 e. The predicted octanol–water partition coefficient (Wildman–Crippen LogP) is 1.75. The Morgan fingerprint density at radius 3 is 2.23 bits per heavy atom. The Morgan fingerprint density at radius 1 is 0.933 bits per heavy atom. The number of piperidine rings is 1. The summed E-state index contributed by atoms with van der Waals surface area (Å²) in [4.78, 5) is 24.2. The number of unbranched alkanes of at least 4 members (excludes halogenated alkanes) is 1.